The normalized spacial score (nSPS) is 16.7. The van der Waals surface area contributed by atoms with E-state index in [1.54, 1.807) is 12.0 Å². The Kier molecular flexibility index (Phi) is 5.26. The lowest BCUT2D eigenvalue weighted by Gasteiger charge is -2.18. The maximum Gasteiger partial charge on any atom is 0.227 e. The highest BCUT2D eigenvalue weighted by molar-refractivity contribution is 6.00. The maximum atomic E-state index is 12.5. The van der Waals surface area contributed by atoms with Crippen LogP contribution < -0.4 is 15.0 Å². The molecule has 1 saturated heterocycles. The van der Waals surface area contributed by atoms with Gasteiger partial charge in [0.2, 0.25) is 11.8 Å². The predicted molar refractivity (Wildman–Crippen MR) is 101 cm³/mol. The van der Waals surface area contributed by atoms with Crippen LogP contribution in [-0.2, 0) is 16.1 Å². The average Bonchev–Trinajstić information content (AvgIpc) is 3.04. The van der Waals surface area contributed by atoms with Gasteiger partial charge in [-0.3, -0.25) is 9.59 Å². The first-order chi connectivity index (χ1) is 12.5. The second-order valence-electron chi connectivity index (χ2n) is 6.74. The Hall–Kier alpha value is -2.82. The number of amides is 2. The van der Waals surface area contributed by atoms with Gasteiger partial charge in [0.15, 0.2) is 0 Å². The van der Waals surface area contributed by atoms with Gasteiger partial charge in [-0.15, -0.1) is 0 Å². The lowest BCUT2D eigenvalue weighted by Crippen LogP contribution is -2.32. The molecule has 0 saturated carbocycles. The van der Waals surface area contributed by atoms with Crippen LogP contribution in [0.15, 0.2) is 42.5 Å². The van der Waals surface area contributed by atoms with E-state index in [2.05, 4.69) is 5.32 Å². The van der Waals surface area contributed by atoms with Crippen molar-refractivity contribution in [2.45, 2.75) is 26.8 Å². The van der Waals surface area contributed by atoms with Gasteiger partial charge in [0.25, 0.3) is 0 Å². The van der Waals surface area contributed by atoms with Gasteiger partial charge in [0, 0.05) is 25.2 Å². The number of carbonyl (C=O) groups excluding carboxylic acids is 2. The smallest absolute Gasteiger partial charge is 0.227 e. The lowest BCUT2D eigenvalue weighted by molar-refractivity contribution is -0.126. The number of rotatable bonds is 5. The van der Waals surface area contributed by atoms with E-state index in [-0.39, 0.29) is 24.2 Å². The zero-order valence-electron chi connectivity index (χ0n) is 15.4. The quantitative estimate of drug-likeness (QED) is 0.900. The molecule has 3 rings (SSSR count). The van der Waals surface area contributed by atoms with Crippen molar-refractivity contribution in [3.05, 3.63) is 59.2 Å². The fourth-order valence-corrected chi connectivity index (χ4v) is 3.10. The molecule has 1 fully saturated rings. The van der Waals surface area contributed by atoms with Crippen molar-refractivity contribution < 1.29 is 14.3 Å². The summed E-state index contributed by atoms with van der Waals surface area (Å²) in [6.07, 6.45) is 0.251. The number of anilines is 1. The van der Waals surface area contributed by atoms with E-state index in [9.17, 15) is 9.59 Å². The molecular formula is C21H24N2O3. The fraction of sp³-hybridized carbons (Fsp3) is 0.333. The summed E-state index contributed by atoms with van der Waals surface area (Å²) in [6, 6.07) is 13.5. The van der Waals surface area contributed by atoms with Crippen LogP contribution in [0.2, 0.25) is 0 Å². The van der Waals surface area contributed by atoms with E-state index in [1.807, 2.05) is 56.3 Å². The van der Waals surface area contributed by atoms with E-state index in [0.29, 0.717) is 13.1 Å². The van der Waals surface area contributed by atoms with Gasteiger partial charge in [-0.25, -0.2) is 0 Å². The van der Waals surface area contributed by atoms with Crippen LogP contribution in [0.4, 0.5) is 5.69 Å². The van der Waals surface area contributed by atoms with Crippen molar-refractivity contribution in [3.63, 3.8) is 0 Å². The number of aryl methyl sites for hydroxylation is 2. The molecule has 136 valence electrons. The maximum absolute atomic E-state index is 12.5. The standard InChI is InChI=1S/C21H24N2O3/c1-14-4-7-18(10-15(14)2)23-13-17(11-20(23)24)21(25)22-12-16-5-8-19(26-3)9-6-16/h4-10,17H,11-13H2,1-3H3,(H,22,25)/t17-/m0/s1. The Morgan fingerprint density at radius 3 is 2.54 bits per heavy atom. The highest BCUT2D eigenvalue weighted by atomic mass is 16.5. The third-order valence-corrected chi connectivity index (χ3v) is 4.92. The monoisotopic (exact) mass is 352 g/mol. The minimum absolute atomic E-state index is 0.00199. The number of ether oxygens (including phenoxy) is 1. The number of hydrogen-bond donors (Lipinski definition) is 1. The molecule has 1 aliphatic rings. The zero-order chi connectivity index (χ0) is 18.7. The van der Waals surface area contributed by atoms with Gasteiger partial charge in [-0.05, 0) is 54.8 Å². The van der Waals surface area contributed by atoms with E-state index in [4.69, 9.17) is 4.74 Å². The third-order valence-electron chi connectivity index (χ3n) is 4.92. The van der Waals surface area contributed by atoms with Crippen LogP contribution in [0.25, 0.3) is 0 Å². The van der Waals surface area contributed by atoms with E-state index < -0.39 is 0 Å². The summed E-state index contributed by atoms with van der Waals surface area (Å²) in [5, 5.41) is 2.93. The molecule has 2 amide bonds. The summed E-state index contributed by atoms with van der Waals surface area (Å²) in [4.78, 5) is 26.5. The number of methoxy groups -OCH3 is 1. The lowest BCUT2D eigenvalue weighted by atomic mass is 10.1. The second-order valence-corrected chi connectivity index (χ2v) is 6.74. The van der Waals surface area contributed by atoms with Crippen LogP contribution in [0, 0.1) is 19.8 Å². The van der Waals surface area contributed by atoms with Crippen molar-refractivity contribution in [1.29, 1.82) is 0 Å². The molecule has 0 bridgehead atoms. The molecule has 0 spiro atoms. The molecule has 5 nitrogen and oxygen atoms in total. The van der Waals surface area contributed by atoms with Crippen LogP contribution in [0.5, 0.6) is 5.75 Å². The molecular weight excluding hydrogens is 328 g/mol. The molecule has 1 aliphatic heterocycles. The zero-order valence-corrected chi connectivity index (χ0v) is 15.4. The van der Waals surface area contributed by atoms with Crippen molar-refractivity contribution in [2.75, 3.05) is 18.6 Å². The summed E-state index contributed by atoms with van der Waals surface area (Å²) in [6.45, 7) is 4.94. The van der Waals surface area contributed by atoms with Crippen LogP contribution in [0.1, 0.15) is 23.1 Å². The van der Waals surface area contributed by atoms with Gasteiger partial charge >= 0.3 is 0 Å². The van der Waals surface area contributed by atoms with E-state index in [1.165, 1.54) is 5.56 Å². The average molecular weight is 352 g/mol. The van der Waals surface area contributed by atoms with Crippen LogP contribution in [0.3, 0.4) is 0 Å². The molecule has 1 heterocycles. The molecule has 5 heteroatoms. The summed E-state index contributed by atoms with van der Waals surface area (Å²) >= 11 is 0. The molecule has 2 aromatic carbocycles. The number of nitrogens with zero attached hydrogens (tertiary/aromatic N) is 1. The first kappa shape index (κ1) is 18.0. The highest BCUT2D eigenvalue weighted by Crippen LogP contribution is 2.27. The van der Waals surface area contributed by atoms with Gasteiger partial charge in [-0.1, -0.05) is 18.2 Å². The topological polar surface area (TPSA) is 58.6 Å². The Labute approximate surface area is 154 Å². The molecule has 0 aliphatic carbocycles. The molecule has 2 aromatic rings. The summed E-state index contributed by atoms with van der Waals surface area (Å²) < 4.78 is 5.13. The number of nitrogens with one attached hydrogen (secondary N) is 1. The molecule has 26 heavy (non-hydrogen) atoms. The summed E-state index contributed by atoms with van der Waals surface area (Å²) in [5.41, 5.74) is 4.19. The first-order valence-electron chi connectivity index (χ1n) is 8.76. The van der Waals surface area contributed by atoms with Crippen molar-refractivity contribution >= 4 is 17.5 Å². The van der Waals surface area contributed by atoms with Crippen molar-refractivity contribution in [3.8, 4) is 5.75 Å². The Balaban J connectivity index is 1.60. The predicted octanol–water partition coefficient (Wildman–Crippen LogP) is 2.98. The number of benzene rings is 2. The van der Waals surface area contributed by atoms with Gasteiger partial charge in [0.1, 0.15) is 5.75 Å². The van der Waals surface area contributed by atoms with Crippen LogP contribution >= 0.6 is 0 Å². The van der Waals surface area contributed by atoms with Crippen molar-refractivity contribution in [2.24, 2.45) is 5.92 Å². The summed E-state index contributed by atoms with van der Waals surface area (Å²) in [7, 11) is 1.62. The molecule has 1 atom stereocenters. The minimum Gasteiger partial charge on any atom is -0.497 e. The molecule has 0 radical (unpaired) electrons. The second kappa shape index (κ2) is 7.60. The first-order valence-corrected chi connectivity index (χ1v) is 8.76. The Morgan fingerprint density at radius 1 is 1.15 bits per heavy atom. The van der Waals surface area contributed by atoms with E-state index in [0.717, 1.165) is 22.6 Å². The number of hydrogen-bond acceptors (Lipinski definition) is 3. The Morgan fingerprint density at radius 2 is 1.88 bits per heavy atom. The van der Waals surface area contributed by atoms with E-state index >= 15 is 0 Å². The highest BCUT2D eigenvalue weighted by Gasteiger charge is 2.35. The minimum atomic E-state index is -0.317. The van der Waals surface area contributed by atoms with Gasteiger partial charge < -0.3 is 15.0 Å². The van der Waals surface area contributed by atoms with Crippen molar-refractivity contribution in [1.82, 2.24) is 5.32 Å². The Bertz CT molecular complexity index is 815. The number of carbonyl (C=O) groups is 2. The SMILES string of the molecule is COc1ccc(CNC(=O)[C@H]2CC(=O)N(c3ccc(C)c(C)c3)C2)cc1. The molecule has 1 N–H and O–H groups in total. The van der Waals surface area contributed by atoms with Crippen LogP contribution in [-0.4, -0.2) is 25.5 Å². The molecule has 0 aromatic heterocycles. The largest absolute Gasteiger partial charge is 0.497 e. The third kappa shape index (κ3) is 3.87. The van der Waals surface area contributed by atoms with Gasteiger partial charge in [0.05, 0.1) is 13.0 Å². The summed E-state index contributed by atoms with van der Waals surface area (Å²) in [5.74, 6) is 0.381. The fourth-order valence-electron chi connectivity index (χ4n) is 3.10. The van der Waals surface area contributed by atoms with Gasteiger partial charge in [-0.2, -0.15) is 0 Å². The molecule has 0 unspecified atom stereocenters.